The van der Waals surface area contributed by atoms with Crippen molar-refractivity contribution < 1.29 is 9.32 Å². The summed E-state index contributed by atoms with van der Waals surface area (Å²) in [4.78, 5) is 15.5. The van der Waals surface area contributed by atoms with Crippen LogP contribution in [0.3, 0.4) is 0 Å². The van der Waals surface area contributed by atoms with Crippen LogP contribution in [0.1, 0.15) is 18.7 Å². The molecule has 82 valence electrons. The number of carbonyl (C=O) groups excluding carboxylic acids is 1. The SMILES string of the molecule is O=C(NCc1ncon1)[C@@H]1CCCNC1. The van der Waals surface area contributed by atoms with Crippen LogP contribution in [0, 0.1) is 5.92 Å². The van der Waals surface area contributed by atoms with Crippen molar-refractivity contribution in [3.8, 4) is 0 Å². The third-order valence-corrected chi connectivity index (χ3v) is 2.50. The number of hydrogen-bond acceptors (Lipinski definition) is 5. The van der Waals surface area contributed by atoms with E-state index in [-0.39, 0.29) is 11.8 Å². The Balaban J connectivity index is 1.76. The molecule has 1 atom stereocenters. The van der Waals surface area contributed by atoms with Gasteiger partial charge in [-0.1, -0.05) is 5.16 Å². The lowest BCUT2D eigenvalue weighted by Crippen LogP contribution is -2.40. The van der Waals surface area contributed by atoms with Crippen LogP contribution in [0.4, 0.5) is 0 Å². The van der Waals surface area contributed by atoms with Crippen molar-refractivity contribution in [3.05, 3.63) is 12.2 Å². The van der Waals surface area contributed by atoms with Gasteiger partial charge in [0.05, 0.1) is 12.5 Å². The van der Waals surface area contributed by atoms with Crippen LogP contribution < -0.4 is 10.6 Å². The summed E-state index contributed by atoms with van der Waals surface area (Å²) in [7, 11) is 0. The molecule has 0 unspecified atom stereocenters. The molecule has 1 aromatic heterocycles. The van der Waals surface area contributed by atoms with E-state index in [1.807, 2.05) is 0 Å². The molecule has 1 aliphatic heterocycles. The number of hydrogen-bond donors (Lipinski definition) is 2. The van der Waals surface area contributed by atoms with Crippen molar-refractivity contribution in [2.24, 2.45) is 5.92 Å². The molecule has 2 heterocycles. The first kappa shape index (κ1) is 10.1. The smallest absolute Gasteiger partial charge is 0.224 e. The largest absolute Gasteiger partial charge is 0.348 e. The van der Waals surface area contributed by atoms with Gasteiger partial charge in [-0.2, -0.15) is 4.98 Å². The predicted octanol–water partition coefficient (Wildman–Crippen LogP) is -0.315. The average Bonchev–Trinajstić information content (AvgIpc) is 2.80. The quantitative estimate of drug-likeness (QED) is 0.715. The summed E-state index contributed by atoms with van der Waals surface area (Å²) in [5, 5.41) is 9.61. The zero-order valence-corrected chi connectivity index (χ0v) is 8.40. The average molecular weight is 210 g/mol. The second kappa shape index (κ2) is 4.88. The Bertz CT molecular complexity index is 306. The lowest BCUT2D eigenvalue weighted by Gasteiger charge is -2.21. The first-order valence-electron chi connectivity index (χ1n) is 5.10. The lowest BCUT2D eigenvalue weighted by molar-refractivity contribution is -0.125. The zero-order chi connectivity index (χ0) is 10.5. The van der Waals surface area contributed by atoms with E-state index >= 15 is 0 Å². The number of aromatic nitrogens is 2. The van der Waals surface area contributed by atoms with E-state index in [0.29, 0.717) is 12.4 Å². The van der Waals surface area contributed by atoms with Gasteiger partial charge in [-0.3, -0.25) is 4.79 Å². The fourth-order valence-electron chi connectivity index (χ4n) is 1.66. The molecule has 6 heteroatoms. The Kier molecular flexibility index (Phi) is 3.29. The summed E-state index contributed by atoms with van der Waals surface area (Å²) in [6.07, 6.45) is 3.26. The molecule has 0 aliphatic carbocycles. The Labute approximate surface area is 87.4 Å². The minimum atomic E-state index is 0.0620. The van der Waals surface area contributed by atoms with E-state index in [2.05, 4.69) is 25.3 Å². The Morgan fingerprint density at radius 3 is 3.33 bits per heavy atom. The Morgan fingerprint density at radius 2 is 2.67 bits per heavy atom. The molecule has 1 saturated heterocycles. The second-order valence-electron chi connectivity index (χ2n) is 3.61. The molecule has 0 radical (unpaired) electrons. The maximum absolute atomic E-state index is 11.7. The molecule has 0 bridgehead atoms. The molecular formula is C9H14N4O2. The van der Waals surface area contributed by atoms with E-state index in [1.54, 1.807) is 0 Å². The van der Waals surface area contributed by atoms with E-state index in [9.17, 15) is 4.79 Å². The summed E-state index contributed by atoms with van der Waals surface area (Å²) in [6.45, 7) is 2.11. The maximum atomic E-state index is 11.7. The highest BCUT2D eigenvalue weighted by molar-refractivity contribution is 5.78. The maximum Gasteiger partial charge on any atom is 0.224 e. The first-order chi connectivity index (χ1) is 7.36. The van der Waals surface area contributed by atoms with Crippen molar-refractivity contribution in [1.29, 1.82) is 0 Å². The van der Waals surface area contributed by atoms with Gasteiger partial charge in [0.15, 0.2) is 5.82 Å². The van der Waals surface area contributed by atoms with Crippen LogP contribution in [-0.4, -0.2) is 29.1 Å². The standard InChI is InChI=1S/C9H14N4O2/c14-9(7-2-1-3-10-4-7)11-5-8-12-6-15-13-8/h6-7,10H,1-5H2,(H,11,14)/t7-/m1/s1. The van der Waals surface area contributed by atoms with Crippen molar-refractivity contribution >= 4 is 5.91 Å². The monoisotopic (exact) mass is 210 g/mol. The number of amides is 1. The number of piperidine rings is 1. The Hall–Kier alpha value is -1.43. The first-order valence-corrected chi connectivity index (χ1v) is 5.10. The molecule has 2 N–H and O–H groups in total. The van der Waals surface area contributed by atoms with Crippen LogP contribution in [-0.2, 0) is 11.3 Å². The topological polar surface area (TPSA) is 80.1 Å². The molecule has 1 fully saturated rings. The van der Waals surface area contributed by atoms with Crippen molar-refractivity contribution in [1.82, 2.24) is 20.8 Å². The van der Waals surface area contributed by atoms with Gasteiger partial charge >= 0.3 is 0 Å². The molecule has 0 saturated carbocycles. The third-order valence-electron chi connectivity index (χ3n) is 2.50. The summed E-state index contributed by atoms with van der Waals surface area (Å²) in [6, 6.07) is 0. The van der Waals surface area contributed by atoms with Crippen LogP contribution in [0.15, 0.2) is 10.9 Å². The van der Waals surface area contributed by atoms with Crippen molar-refractivity contribution in [2.45, 2.75) is 19.4 Å². The van der Waals surface area contributed by atoms with E-state index in [1.165, 1.54) is 6.39 Å². The molecule has 1 amide bonds. The van der Waals surface area contributed by atoms with Gasteiger partial charge in [-0.15, -0.1) is 0 Å². The molecule has 2 rings (SSSR count). The normalized spacial score (nSPS) is 21.2. The van der Waals surface area contributed by atoms with Crippen molar-refractivity contribution in [2.75, 3.05) is 13.1 Å². The van der Waals surface area contributed by atoms with Gasteiger partial charge in [0, 0.05) is 6.54 Å². The highest BCUT2D eigenvalue weighted by Gasteiger charge is 2.20. The zero-order valence-electron chi connectivity index (χ0n) is 8.40. The van der Waals surface area contributed by atoms with Gasteiger partial charge in [-0.05, 0) is 19.4 Å². The summed E-state index contributed by atoms with van der Waals surface area (Å²) >= 11 is 0. The van der Waals surface area contributed by atoms with Gasteiger partial charge in [0.25, 0.3) is 0 Å². The Morgan fingerprint density at radius 1 is 1.73 bits per heavy atom. The minimum Gasteiger partial charge on any atom is -0.348 e. The van der Waals surface area contributed by atoms with Crippen LogP contribution in [0.25, 0.3) is 0 Å². The number of carbonyl (C=O) groups is 1. The van der Waals surface area contributed by atoms with E-state index in [0.717, 1.165) is 25.9 Å². The molecule has 0 aromatic carbocycles. The summed E-state index contributed by atoms with van der Waals surface area (Å²) < 4.78 is 4.57. The van der Waals surface area contributed by atoms with E-state index < -0.39 is 0 Å². The molecule has 1 aliphatic rings. The molecule has 1 aromatic rings. The molecule has 15 heavy (non-hydrogen) atoms. The lowest BCUT2D eigenvalue weighted by atomic mass is 9.99. The highest BCUT2D eigenvalue weighted by atomic mass is 16.5. The van der Waals surface area contributed by atoms with Crippen LogP contribution in [0.2, 0.25) is 0 Å². The van der Waals surface area contributed by atoms with Crippen LogP contribution in [0.5, 0.6) is 0 Å². The van der Waals surface area contributed by atoms with Crippen LogP contribution >= 0.6 is 0 Å². The number of nitrogens with zero attached hydrogens (tertiary/aromatic N) is 2. The van der Waals surface area contributed by atoms with Gasteiger partial charge in [0.1, 0.15) is 0 Å². The fourth-order valence-corrected chi connectivity index (χ4v) is 1.66. The second-order valence-corrected chi connectivity index (χ2v) is 3.61. The number of rotatable bonds is 3. The van der Waals surface area contributed by atoms with Gasteiger partial charge < -0.3 is 15.2 Å². The summed E-state index contributed by atoms with van der Waals surface area (Å²) in [5.74, 6) is 0.643. The molecule has 0 spiro atoms. The third kappa shape index (κ3) is 2.76. The number of nitrogens with one attached hydrogen (secondary N) is 2. The van der Waals surface area contributed by atoms with Crippen molar-refractivity contribution in [3.63, 3.8) is 0 Å². The van der Waals surface area contributed by atoms with Gasteiger partial charge in [-0.25, -0.2) is 0 Å². The predicted molar refractivity (Wildman–Crippen MR) is 51.7 cm³/mol. The molecule has 6 nitrogen and oxygen atoms in total. The van der Waals surface area contributed by atoms with Gasteiger partial charge in [0.2, 0.25) is 12.3 Å². The summed E-state index contributed by atoms with van der Waals surface area (Å²) in [5.41, 5.74) is 0. The minimum absolute atomic E-state index is 0.0620. The fraction of sp³-hybridized carbons (Fsp3) is 0.667. The molecular weight excluding hydrogens is 196 g/mol. The van der Waals surface area contributed by atoms with E-state index in [4.69, 9.17) is 0 Å². The highest BCUT2D eigenvalue weighted by Crippen LogP contribution is 2.09.